The summed E-state index contributed by atoms with van der Waals surface area (Å²) in [6.07, 6.45) is 1.97. The summed E-state index contributed by atoms with van der Waals surface area (Å²) in [5.41, 5.74) is 4.40. The Hall–Kier alpha value is -3.77. The largest absolute Gasteiger partial charge is 0.497 e. The van der Waals surface area contributed by atoms with Crippen molar-refractivity contribution in [2.45, 2.75) is 25.3 Å². The number of anilines is 3. The third-order valence-electron chi connectivity index (χ3n) is 6.18. The summed E-state index contributed by atoms with van der Waals surface area (Å²) in [6.45, 7) is 0. The van der Waals surface area contributed by atoms with Gasteiger partial charge in [-0.15, -0.1) is 0 Å². The van der Waals surface area contributed by atoms with E-state index in [9.17, 15) is 9.59 Å². The van der Waals surface area contributed by atoms with Crippen molar-refractivity contribution in [2.24, 2.45) is 0 Å². The lowest BCUT2D eigenvalue weighted by atomic mass is 9.86. The number of benzene rings is 3. The standard InChI is InChI=1S/C27H24ClN3O3/c1-34-20-15-13-19(14-16-20)29-27(33)31-23-7-3-2-5-21(23)30-22-6-4-8-24(32)25(22)26(31)17-9-11-18(28)12-10-17/h2-3,5,7,9-16,26,30H,4,6,8H2,1H3,(H,29,33)/t26-/m0/s1. The zero-order valence-electron chi connectivity index (χ0n) is 18.7. The highest BCUT2D eigenvalue weighted by Crippen LogP contribution is 2.45. The number of carbonyl (C=O) groups is 2. The second-order valence-electron chi connectivity index (χ2n) is 8.29. The minimum Gasteiger partial charge on any atom is -0.497 e. The van der Waals surface area contributed by atoms with Crippen LogP contribution in [0.4, 0.5) is 21.9 Å². The number of nitrogens with zero attached hydrogens (tertiary/aromatic N) is 1. The maximum Gasteiger partial charge on any atom is 0.327 e. The van der Waals surface area contributed by atoms with Crippen molar-refractivity contribution in [2.75, 3.05) is 22.6 Å². The van der Waals surface area contributed by atoms with E-state index in [1.54, 1.807) is 48.4 Å². The number of fused-ring (bicyclic) bond motifs is 1. The maximum atomic E-state index is 13.9. The molecule has 1 aliphatic heterocycles. The summed E-state index contributed by atoms with van der Waals surface area (Å²) in [5.74, 6) is 0.743. The summed E-state index contributed by atoms with van der Waals surface area (Å²) < 4.78 is 5.22. The molecular formula is C27H24ClN3O3. The number of amides is 2. The normalized spacial score (nSPS) is 17.3. The van der Waals surface area contributed by atoms with Gasteiger partial charge >= 0.3 is 6.03 Å². The molecule has 3 aromatic rings. The van der Waals surface area contributed by atoms with E-state index in [1.807, 2.05) is 36.4 Å². The van der Waals surface area contributed by atoms with Crippen LogP contribution in [0.5, 0.6) is 5.75 Å². The molecule has 1 atom stereocenters. The third-order valence-corrected chi connectivity index (χ3v) is 6.43. The number of ketones is 1. The number of rotatable bonds is 3. The number of para-hydroxylation sites is 2. The molecule has 2 aliphatic rings. The van der Waals surface area contributed by atoms with Crippen LogP contribution in [0.1, 0.15) is 30.9 Å². The van der Waals surface area contributed by atoms with Crippen LogP contribution in [0.25, 0.3) is 0 Å². The zero-order chi connectivity index (χ0) is 23.7. The Bertz CT molecular complexity index is 1270. The Morgan fingerprint density at radius 2 is 1.76 bits per heavy atom. The molecule has 1 aliphatic carbocycles. The first-order valence-electron chi connectivity index (χ1n) is 11.2. The van der Waals surface area contributed by atoms with Crippen molar-refractivity contribution >= 4 is 40.5 Å². The van der Waals surface area contributed by atoms with Gasteiger partial charge in [0, 0.05) is 28.4 Å². The smallest absolute Gasteiger partial charge is 0.327 e. The predicted octanol–water partition coefficient (Wildman–Crippen LogP) is 6.56. The second kappa shape index (κ2) is 9.23. The van der Waals surface area contributed by atoms with Gasteiger partial charge in [0.05, 0.1) is 24.5 Å². The molecule has 0 unspecified atom stereocenters. The Morgan fingerprint density at radius 1 is 1.03 bits per heavy atom. The molecule has 2 N–H and O–H groups in total. The fraction of sp³-hybridized carbons (Fsp3) is 0.185. The topological polar surface area (TPSA) is 70.7 Å². The zero-order valence-corrected chi connectivity index (χ0v) is 19.4. The lowest BCUT2D eigenvalue weighted by Gasteiger charge is -2.34. The van der Waals surface area contributed by atoms with Gasteiger partial charge in [0.15, 0.2) is 5.78 Å². The number of allylic oxidation sites excluding steroid dienone is 1. The average molecular weight is 474 g/mol. The molecule has 0 aromatic heterocycles. The Balaban J connectivity index is 1.66. The number of ether oxygens (including phenoxy) is 1. The van der Waals surface area contributed by atoms with Crippen LogP contribution in [0.2, 0.25) is 5.02 Å². The first-order chi connectivity index (χ1) is 16.5. The molecule has 3 aromatic carbocycles. The molecule has 0 bridgehead atoms. The van der Waals surface area contributed by atoms with Crippen molar-refractivity contribution in [3.63, 3.8) is 0 Å². The maximum absolute atomic E-state index is 13.9. The molecule has 2 amide bonds. The van der Waals surface area contributed by atoms with Gasteiger partial charge in [0.25, 0.3) is 0 Å². The fourth-order valence-corrected chi connectivity index (χ4v) is 4.70. The second-order valence-corrected chi connectivity index (χ2v) is 8.73. The van der Waals surface area contributed by atoms with Gasteiger partial charge in [-0.2, -0.15) is 0 Å². The minimum absolute atomic E-state index is 0.0451. The van der Waals surface area contributed by atoms with Gasteiger partial charge in [-0.1, -0.05) is 35.9 Å². The van der Waals surface area contributed by atoms with E-state index in [1.165, 1.54) is 0 Å². The number of Topliss-reactive ketones (excluding diaryl/α,β-unsaturated/α-hetero) is 1. The van der Waals surface area contributed by atoms with Gasteiger partial charge in [-0.05, 0) is 66.9 Å². The number of methoxy groups -OCH3 is 1. The van der Waals surface area contributed by atoms with E-state index in [0.29, 0.717) is 34.1 Å². The molecule has 6 nitrogen and oxygen atoms in total. The molecule has 34 heavy (non-hydrogen) atoms. The van der Waals surface area contributed by atoms with Crippen molar-refractivity contribution < 1.29 is 14.3 Å². The Morgan fingerprint density at radius 3 is 2.50 bits per heavy atom. The third kappa shape index (κ3) is 4.13. The summed E-state index contributed by atoms with van der Waals surface area (Å²) in [5, 5.41) is 7.05. The first kappa shape index (κ1) is 22.0. The molecule has 0 fully saturated rings. The number of hydrogen-bond acceptors (Lipinski definition) is 4. The number of halogens is 1. The SMILES string of the molecule is COc1ccc(NC(=O)N2c3ccccc3NC3=C(C(=O)CCC3)[C@@H]2c2ccc(Cl)cc2)cc1. The van der Waals surface area contributed by atoms with E-state index in [-0.39, 0.29) is 11.8 Å². The molecule has 0 radical (unpaired) electrons. The van der Waals surface area contributed by atoms with Gasteiger partial charge in [0.2, 0.25) is 0 Å². The number of nitrogens with one attached hydrogen (secondary N) is 2. The van der Waals surface area contributed by atoms with Crippen LogP contribution in [-0.2, 0) is 4.79 Å². The lowest BCUT2D eigenvalue weighted by molar-refractivity contribution is -0.116. The van der Waals surface area contributed by atoms with Crippen molar-refractivity contribution in [1.82, 2.24) is 0 Å². The summed E-state index contributed by atoms with van der Waals surface area (Å²) >= 11 is 6.17. The van der Waals surface area contributed by atoms with E-state index in [4.69, 9.17) is 16.3 Å². The molecule has 0 saturated carbocycles. The highest BCUT2D eigenvalue weighted by Gasteiger charge is 2.39. The lowest BCUT2D eigenvalue weighted by Crippen LogP contribution is -2.40. The Kier molecular flexibility index (Phi) is 5.99. The van der Waals surface area contributed by atoms with Gasteiger partial charge in [0.1, 0.15) is 5.75 Å². The highest BCUT2D eigenvalue weighted by molar-refractivity contribution is 6.30. The summed E-state index contributed by atoms with van der Waals surface area (Å²) in [4.78, 5) is 28.8. The van der Waals surface area contributed by atoms with E-state index in [2.05, 4.69) is 10.6 Å². The predicted molar refractivity (Wildman–Crippen MR) is 135 cm³/mol. The van der Waals surface area contributed by atoms with Crippen molar-refractivity contribution in [1.29, 1.82) is 0 Å². The van der Waals surface area contributed by atoms with Gasteiger partial charge in [-0.3, -0.25) is 9.69 Å². The van der Waals surface area contributed by atoms with Crippen LogP contribution < -0.4 is 20.3 Å². The van der Waals surface area contributed by atoms with E-state index >= 15 is 0 Å². The molecule has 172 valence electrons. The molecular weight excluding hydrogens is 450 g/mol. The minimum atomic E-state index is -0.602. The monoisotopic (exact) mass is 473 g/mol. The summed E-state index contributed by atoms with van der Waals surface area (Å²) in [6, 6.07) is 21.1. The van der Waals surface area contributed by atoms with Crippen LogP contribution in [0, 0.1) is 0 Å². The van der Waals surface area contributed by atoms with E-state index < -0.39 is 6.04 Å². The number of hydrogen-bond donors (Lipinski definition) is 2. The van der Waals surface area contributed by atoms with Crippen LogP contribution >= 0.6 is 11.6 Å². The first-order valence-corrected chi connectivity index (χ1v) is 11.5. The quantitative estimate of drug-likeness (QED) is 0.452. The van der Waals surface area contributed by atoms with Gasteiger partial charge in [-0.25, -0.2) is 4.79 Å². The number of urea groups is 1. The van der Waals surface area contributed by atoms with Crippen LogP contribution in [-0.4, -0.2) is 18.9 Å². The molecule has 1 heterocycles. The van der Waals surface area contributed by atoms with Crippen molar-refractivity contribution in [3.05, 3.63) is 94.7 Å². The molecule has 5 rings (SSSR count). The Labute approximate surface area is 203 Å². The average Bonchev–Trinajstić information content (AvgIpc) is 3.00. The highest BCUT2D eigenvalue weighted by atomic mass is 35.5. The molecule has 7 heteroatoms. The summed E-state index contributed by atoms with van der Waals surface area (Å²) in [7, 11) is 1.60. The fourth-order valence-electron chi connectivity index (χ4n) is 4.58. The van der Waals surface area contributed by atoms with Crippen molar-refractivity contribution in [3.8, 4) is 5.75 Å². The van der Waals surface area contributed by atoms with Crippen LogP contribution in [0.3, 0.4) is 0 Å². The molecule has 0 saturated heterocycles. The van der Waals surface area contributed by atoms with Crippen LogP contribution in [0.15, 0.2) is 84.1 Å². The van der Waals surface area contributed by atoms with E-state index in [0.717, 1.165) is 29.8 Å². The van der Waals surface area contributed by atoms with Gasteiger partial charge < -0.3 is 15.4 Å². The number of carbonyl (C=O) groups excluding carboxylic acids is 2. The molecule has 0 spiro atoms.